The van der Waals surface area contributed by atoms with Crippen LogP contribution in [-0.2, 0) is 13.6 Å². The molecule has 0 bridgehead atoms. The molecule has 35 heavy (non-hydrogen) atoms. The van der Waals surface area contributed by atoms with Gasteiger partial charge >= 0.3 is 6.03 Å². The van der Waals surface area contributed by atoms with Gasteiger partial charge in [0, 0.05) is 44.8 Å². The number of para-hydroxylation sites is 2. The maximum Gasteiger partial charge on any atom is 0.322 e. The van der Waals surface area contributed by atoms with Crippen LogP contribution < -0.4 is 15.4 Å². The first kappa shape index (κ1) is 24.5. The lowest BCUT2D eigenvalue weighted by Crippen LogP contribution is -2.49. The van der Waals surface area contributed by atoms with Crippen LogP contribution in [0.3, 0.4) is 0 Å². The number of fused-ring (bicyclic) bond motifs is 1. The summed E-state index contributed by atoms with van der Waals surface area (Å²) in [6.07, 6.45) is 0. The van der Waals surface area contributed by atoms with E-state index in [4.69, 9.17) is 9.72 Å². The Morgan fingerprint density at radius 1 is 1.09 bits per heavy atom. The molecule has 0 saturated carbocycles. The highest BCUT2D eigenvalue weighted by Crippen LogP contribution is 2.24. The van der Waals surface area contributed by atoms with Gasteiger partial charge in [0.15, 0.2) is 0 Å². The molecule has 1 fully saturated rings. The van der Waals surface area contributed by atoms with Crippen LogP contribution in [0.15, 0.2) is 42.5 Å². The minimum Gasteiger partial charge on any atom is -0.492 e. The third-order valence-electron chi connectivity index (χ3n) is 6.11. The summed E-state index contributed by atoms with van der Waals surface area (Å²) in [5.41, 5.74) is 3.10. The fourth-order valence-corrected chi connectivity index (χ4v) is 4.23. The van der Waals surface area contributed by atoms with Crippen molar-refractivity contribution in [3.05, 3.63) is 53.9 Å². The smallest absolute Gasteiger partial charge is 0.322 e. The van der Waals surface area contributed by atoms with Gasteiger partial charge in [-0.2, -0.15) is 0 Å². The third kappa shape index (κ3) is 5.74. The Labute approximate surface area is 206 Å². The quantitative estimate of drug-likeness (QED) is 0.543. The molecule has 1 saturated heterocycles. The number of anilines is 1. The van der Waals surface area contributed by atoms with E-state index in [0.29, 0.717) is 43.2 Å². The van der Waals surface area contributed by atoms with Crippen molar-refractivity contribution < 1.29 is 14.3 Å². The van der Waals surface area contributed by atoms with Crippen LogP contribution in [0.2, 0.25) is 0 Å². The SMILES string of the molecule is CCOc1ccccc1NC(=O)N1CCN(Cc2nc3cc(C(=O)NC(C)C)ccc3n2C)CC1. The van der Waals surface area contributed by atoms with Gasteiger partial charge in [-0.25, -0.2) is 9.78 Å². The highest BCUT2D eigenvalue weighted by atomic mass is 16.5. The maximum atomic E-state index is 12.8. The highest BCUT2D eigenvalue weighted by molar-refractivity contribution is 5.97. The Balaban J connectivity index is 1.36. The van der Waals surface area contributed by atoms with Gasteiger partial charge in [0.1, 0.15) is 11.6 Å². The zero-order chi connectivity index (χ0) is 24.9. The van der Waals surface area contributed by atoms with Crippen molar-refractivity contribution in [3.8, 4) is 5.75 Å². The summed E-state index contributed by atoms with van der Waals surface area (Å²) < 4.78 is 7.68. The maximum absolute atomic E-state index is 12.8. The van der Waals surface area contributed by atoms with Crippen LogP contribution in [0.1, 0.15) is 37.0 Å². The van der Waals surface area contributed by atoms with Crippen molar-refractivity contribution >= 4 is 28.7 Å². The van der Waals surface area contributed by atoms with Gasteiger partial charge < -0.3 is 24.8 Å². The fourth-order valence-electron chi connectivity index (χ4n) is 4.23. The molecule has 2 aromatic carbocycles. The number of ether oxygens (including phenoxy) is 1. The molecular formula is C26H34N6O3. The first-order valence-corrected chi connectivity index (χ1v) is 12.1. The van der Waals surface area contributed by atoms with E-state index in [0.717, 1.165) is 29.9 Å². The van der Waals surface area contributed by atoms with E-state index in [-0.39, 0.29) is 18.0 Å². The Morgan fingerprint density at radius 2 is 1.83 bits per heavy atom. The average Bonchev–Trinajstić information content (AvgIpc) is 3.15. The standard InChI is InChI=1S/C26H34N6O3/c1-5-35-23-9-7-6-8-20(23)29-26(34)32-14-12-31(13-15-32)17-24-28-21-16-19(25(33)27-18(2)3)10-11-22(21)30(24)4/h6-11,16,18H,5,12-15,17H2,1-4H3,(H,27,33)(H,29,34). The molecule has 0 radical (unpaired) electrons. The largest absolute Gasteiger partial charge is 0.492 e. The summed E-state index contributed by atoms with van der Waals surface area (Å²) in [5.74, 6) is 1.52. The number of rotatable bonds is 7. The molecular weight excluding hydrogens is 444 g/mol. The van der Waals surface area contributed by atoms with Gasteiger partial charge in [0.05, 0.1) is 29.9 Å². The van der Waals surface area contributed by atoms with Crippen LogP contribution in [-0.4, -0.2) is 70.1 Å². The zero-order valence-electron chi connectivity index (χ0n) is 20.9. The number of aromatic nitrogens is 2. The van der Waals surface area contributed by atoms with Gasteiger partial charge in [-0.1, -0.05) is 12.1 Å². The molecule has 1 aliphatic rings. The zero-order valence-corrected chi connectivity index (χ0v) is 20.9. The number of carbonyl (C=O) groups is 2. The molecule has 3 aromatic rings. The second-order valence-corrected chi connectivity index (χ2v) is 9.04. The van der Waals surface area contributed by atoms with E-state index in [9.17, 15) is 9.59 Å². The Kier molecular flexibility index (Phi) is 7.55. The van der Waals surface area contributed by atoms with Gasteiger partial charge in [-0.3, -0.25) is 9.69 Å². The van der Waals surface area contributed by atoms with E-state index < -0.39 is 0 Å². The Morgan fingerprint density at radius 3 is 2.54 bits per heavy atom. The summed E-state index contributed by atoms with van der Waals surface area (Å²) in [6, 6.07) is 13.1. The van der Waals surface area contributed by atoms with E-state index >= 15 is 0 Å². The molecule has 4 rings (SSSR count). The lowest BCUT2D eigenvalue weighted by Gasteiger charge is -2.34. The number of hydrogen-bond donors (Lipinski definition) is 2. The number of nitrogens with one attached hydrogen (secondary N) is 2. The number of hydrogen-bond acceptors (Lipinski definition) is 5. The second-order valence-electron chi connectivity index (χ2n) is 9.04. The van der Waals surface area contributed by atoms with Crippen LogP contribution in [0, 0.1) is 0 Å². The molecule has 0 aliphatic carbocycles. The van der Waals surface area contributed by atoms with Crippen LogP contribution in [0.4, 0.5) is 10.5 Å². The number of nitrogens with zero attached hydrogens (tertiary/aromatic N) is 4. The third-order valence-corrected chi connectivity index (χ3v) is 6.11. The number of piperazine rings is 1. The van der Waals surface area contributed by atoms with Crippen molar-refractivity contribution in [2.45, 2.75) is 33.4 Å². The number of carbonyl (C=O) groups excluding carboxylic acids is 2. The summed E-state index contributed by atoms with van der Waals surface area (Å²) in [7, 11) is 2.00. The molecule has 1 aliphatic heterocycles. The van der Waals surface area contributed by atoms with Crippen molar-refractivity contribution in [2.24, 2.45) is 7.05 Å². The van der Waals surface area contributed by atoms with Gasteiger partial charge in [-0.15, -0.1) is 0 Å². The Bertz CT molecular complexity index is 1200. The molecule has 0 unspecified atom stereocenters. The molecule has 3 amide bonds. The lowest BCUT2D eigenvalue weighted by molar-refractivity contribution is 0.0943. The van der Waals surface area contributed by atoms with Gasteiger partial charge in [-0.05, 0) is 51.1 Å². The highest BCUT2D eigenvalue weighted by Gasteiger charge is 2.23. The molecule has 186 valence electrons. The minimum atomic E-state index is -0.119. The second kappa shape index (κ2) is 10.8. The fraction of sp³-hybridized carbons (Fsp3) is 0.423. The molecule has 9 heteroatoms. The predicted octanol–water partition coefficient (Wildman–Crippen LogP) is 3.46. The number of amides is 3. The molecule has 0 atom stereocenters. The van der Waals surface area contributed by atoms with E-state index in [1.807, 2.05) is 75.2 Å². The molecule has 2 heterocycles. The molecule has 0 spiro atoms. The van der Waals surface area contributed by atoms with Crippen LogP contribution in [0.5, 0.6) is 5.75 Å². The number of urea groups is 1. The summed E-state index contributed by atoms with van der Waals surface area (Å²) >= 11 is 0. The average molecular weight is 479 g/mol. The van der Waals surface area contributed by atoms with E-state index in [1.165, 1.54) is 0 Å². The monoisotopic (exact) mass is 478 g/mol. The van der Waals surface area contributed by atoms with Crippen molar-refractivity contribution in [2.75, 3.05) is 38.1 Å². The number of benzene rings is 2. The normalized spacial score (nSPS) is 14.4. The first-order valence-electron chi connectivity index (χ1n) is 12.1. The van der Waals surface area contributed by atoms with E-state index in [2.05, 4.69) is 20.1 Å². The van der Waals surface area contributed by atoms with E-state index in [1.54, 1.807) is 0 Å². The van der Waals surface area contributed by atoms with Crippen molar-refractivity contribution in [3.63, 3.8) is 0 Å². The first-order chi connectivity index (χ1) is 16.9. The Hall–Kier alpha value is -3.59. The summed E-state index contributed by atoms with van der Waals surface area (Å²) in [4.78, 5) is 34.1. The van der Waals surface area contributed by atoms with Crippen molar-refractivity contribution in [1.29, 1.82) is 0 Å². The van der Waals surface area contributed by atoms with Crippen molar-refractivity contribution in [1.82, 2.24) is 24.7 Å². The van der Waals surface area contributed by atoms with Crippen LogP contribution >= 0.6 is 0 Å². The lowest BCUT2D eigenvalue weighted by atomic mass is 10.2. The summed E-state index contributed by atoms with van der Waals surface area (Å²) in [5, 5.41) is 5.90. The predicted molar refractivity (Wildman–Crippen MR) is 137 cm³/mol. The number of imidazole rings is 1. The summed E-state index contributed by atoms with van der Waals surface area (Å²) in [6.45, 7) is 9.80. The number of aryl methyl sites for hydroxylation is 1. The minimum absolute atomic E-state index is 0.0812. The molecule has 2 N–H and O–H groups in total. The van der Waals surface area contributed by atoms with Gasteiger partial charge in [0.25, 0.3) is 5.91 Å². The van der Waals surface area contributed by atoms with Crippen LogP contribution in [0.25, 0.3) is 11.0 Å². The topological polar surface area (TPSA) is 91.7 Å². The van der Waals surface area contributed by atoms with Gasteiger partial charge in [0.2, 0.25) is 0 Å². The molecule has 9 nitrogen and oxygen atoms in total. The molecule has 1 aromatic heterocycles.